The molecule has 18 heavy (non-hydrogen) atoms. The molecule has 0 aliphatic carbocycles. The van der Waals surface area contributed by atoms with E-state index in [4.69, 9.17) is 0 Å². The highest BCUT2D eigenvalue weighted by Gasteiger charge is 2.07. The fourth-order valence-corrected chi connectivity index (χ4v) is 2.13. The summed E-state index contributed by atoms with van der Waals surface area (Å²) in [4.78, 5) is 4.48. The Labute approximate surface area is 116 Å². The van der Waals surface area contributed by atoms with Gasteiger partial charge >= 0.3 is 0 Å². The van der Waals surface area contributed by atoms with Gasteiger partial charge in [-0.15, -0.1) is 6.58 Å². The average molecular weight is 306 g/mol. The molecule has 1 aromatic carbocycles. The molecule has 0 aliphatic heterocycles. The zero-order valence-electron chi connectivity index (χ0n) is 10.6. The largest absolute Gasteiger partial charge is 0.325 e. The second-order valence-electron chi connectivity index (χ2n) is 4.26. The molecule has 0 amide bonds. The highest BCUT2D eigenvalue weighted by atomic mass is 79.9. The van der Waals surface area contributed by atoms with E-state index in [0.29, 0.717) is 0 Å². The van der Waals surface area contributed by atoms with Crippen LogP contribution in [-0.4, -0.2) is 9.55 Å². The smallest absolute Gasteiger partial charge is 0.207 e. The minimum atomic E-state index is 0.743. The minimum Gasteiger partial charge on any atom is -0.325 e. The van der Waals surface area contributed by atoms with Gasteiger partial charge in [-0.1, -0.05) is 12.1 Å². The number of benzene rings is 1. The fourth-order valence-electron chi connectivity index (χ4n) is 1.78. The number of anilines is 2. The third-order valence-electron chi connectivity index (χ3n) is 2.59. The summed E-state index contributed by atoms with van der Waals surface area (Å²) in [5, 5.41) is 3.34. The van der Waals surface area contributed by atoms with E-state index in [0.717, 1.165) is 28.3 Å². The third-order valence-corrected chi connectivity index (χ3v) is 3.28. The Balaban J connectivity index is 2.33. The molecule has 1 heterocycles. The summed E-state index contributed by atoms with van der Waals surface area (Å²) in [6.07, 6.45) is 3.87. The summed E-state index contributed by atoms with van der Waals surface area (Å²) in [7, 11) is 0. The summed E-state index contributed by atoms with van der Waals surface area (Å²) in [5.74, 6) is 0.832. The Hall–Kier alpha value is -1.55. The number of hydrogen-bond acceptors (Lipinski definition) is 2. The van der Waals surface area contributed by atoms with Crippen molar-refractivity contribution >= 4 is 27.6 Å². The lowest BCUT2D eigenvalue weighted by molar-refractivity contribution is 0.832. The van der Waals surface area contributed by atoms with Crippen LogP contribution in [0.5, 0.6) is 0 Å². The normalized spacial score (nSPS) is 10.4. The van der Waals surface area contributed by atoms with Crippen molar-refractivity contribution in [2.75, 3.05) is 5.32 Å². The highest BCUT2D eigenvalue weighted by molar-refractivity contribution is 9.10. The van der Waals surface area contributed by atoms with Crippen LogP contribution in [-0.2, 0) is 6.54 Å². The van der Waals surface area contributed by atoms with Crippen LogP contribution in [0.3, 0.4) is 0 Å². The van der Waals surface area contributed by atoms with Gasteiger partial charge in [-0.2, -0.15) is 0 Å². The van der Waals surface area contributed by atoms with Crippen molar-refractivity contribution in [3.63, 3.8) is 0 Å². The van der Waals surface area contributed by atoms with Crippen molar-refractivity contribution in [1.82, 2.24) is 9.55 Å². The summed E-state index contributed by atoms with van der Waals surface area (Å²) in [5.41, 5.74) is 3.22. The molecule has 0 bridgehead atoms. The minimum absolute atomic E-state index is 0.743. The SMILES string of the molecule is C=CCn1cc(C)nc1Nc1cc(C)ccc1Br. The zero-order chi connectivity index (χ0) is 13.1. The van der Waals surface area contributed by atoms with Crippen molar-refractivity contribution in [2.24, 2.45) is 0 Å². The average Bonchev–Trinajstić information content (AvgIpc) is 2.65. The van der Waals surface area contributed by atoms with E-state index < -0.39 is 0 Å². The Morgan fingerprint density at radius 2 is 2.22 bits per heavy atom. The number of nitrogens with zero attached hydrogens (tertiary/aromatic N) is 2. The number of halogens is 1. The monoisotopic (exact) mass is 305 g/mol. The van der Waals surface area contributed by atoms with Crippen molar-refractivity contribution in [3.05, 3.63) is 52.8 Å². The number of hydrogen-bond donors (Lipinski definition) is 1. The number of nitrogens with one attached hydrogen (secondary N) is 1. The Bertz CT molecular complexity index is 572. The summed E-state index contributed by atoms with van der Waals surface area (Å²) in [6.45, 7) is 8.55. The van der Waals surface area contributed by atoms with Crippen LogP contribution in [0, 0.1) is 13.8 Å². The maximum atomic E-state index is 4.48. The molecule has 1 aromatic heterocycles. The van der Waals surface area contributed by atoms with Gasteiger partial charge < -0.3 is 9.88 Å². The zero-order valence-corrected chi connectivity index (χ0v) is 12.2. The summed E-state index contributed by atoms with van der Waals surface area (Å²) >= 11 is 3.54. The van der Waals surface area contributed by atoms with Crippen molar-refractivity contribution in [1.29, 1.82) is 0 Å². The van der Waals surface area contributed by atoms with Gasteiger partial charge in [0.2, 0.25) is 5.95 Å². The van der Waals surface area contributed by atoms with Crippen LogP contribution in [0.15, 0.2) is 41.5 Å². The van der Waals surface area contributed by atoms with E-state index in [1.807, 2.05) is 29.8 Å². The molecule has 0 aliphatic rings. The maximum absolute atomic E-state index is 4.48. The van der Waals surface area contributed by atoms with E-state index in [1.54, 1.807) is 0 Å². The molecule has 2 rings (SSSR count). The van der Waals surface area contributed by atoms with Crippen LogP contribution < -0.4 is 5.32 Å². The predicted octanol–water partition coefficient (Wildman–Crippen LogP) is 4.19. The molecule has 0 radical (unpaired) electrons. The standard InChI is InChI=1S/C14H16BrN3/c1-4-7-18-9-11(3)16-14(18)17-13-8-10(2)5-6-12(13)15/h4-6,8-9H,1,7H2,2-3H3,(H,16,17). The van der Waals surface area contributed by atoms with Gasteiger partial charge in [0.1, 0.15) is 0 Å². The first kappa shape index (κ1) is 12.9. The first-order valence-electron chi connectivity index (χ1n) is 5.78. The molecule has 0 unspecified atom stereocenters. The molecule has 0 atom stereocenters. The Kier molecular flexibility index (Phi) is 3.87. The Morgan fingerprint density at radius 1 is 1.44 bits per heavy atom. The van der Waals surface area contributed by atoms with Gasteiger partial charge in [0, 0.05) is 17.2 Å². The van der Waals surface area contributed by atoms with Crippen LogP contribution in [0.1, 0.15) is 11.3 Å². The molecule has 1 N–H and O–H groups in total. The second kappa shape index (κ2) is 5.40. The summed E-state index contributed by atoms with van der Waals surface area (Å²) < 4.78 is 3.07. The quantitative estimate of drug-likeness (QED) is 0.858. The molecule has 0 saturated carbocycles. The van der Waals surface area contributed by atoms with Crippen molar-refractivity contribution in [3.8, 4) is 0 Å². The van der Waals surface area contributed by atoms with Crippen molar-refractivity contribution < 1.29 is 0 Å². The van der Waals surface area contributed by atoms with Crippen LogP contribution >= 0.6 is 15.9 Å². The van der Waals surface area contributed by atoms with E-state index in [-0.39, 0.29) is 0 Å². The molecule has 4 heteroatoms. The molecule has 94 valence electrons. The molecule has 2 aromatic rings. The van der Waals surface area contributed by atoms with Gasteiger partial charge in [-0.05, 0) is 47.5 Å². The van der Waals surface area contributed by atoms with E-state index in [2.05, 4.69) is 51.9 Å². The van der Waals surface area contributed by atoms with E-state index in [1.165, 1.54) is 5.56 Å². The predicted molar refractivity (Wildman–Crippen MR) is 79.3 cm³/mol. The highest BCUT2D eigenvalue weighted by Crippen LogP contribution is 2.26. The summed E-state index contributed by atoms with van der Waals surface area (Å²) in [6, 6.07) is 6.19. The maximum Gasteiger partial charge on any atom is 0.207 e. The first-order chi connectivity index (χ1) is 8.60. The van der Waals surface area contributed by atoms with Crippen molar-refractivity contribution in [2.45, 2.75) is 20.4 Å². The number of imidazole rings is 1. The first-order valence-corrected chi connectivity index (χ1v) is 6.57. The molecule has 0 spiro atoms. The van der Waals surface area contributed by atoms with Crippen LogP contribution in [0.25, 0.3) is 0 Å². The lowest BCUT2D eigenvalue weighted by Crippen LogP contribution is -2.02. The van der Waals surface area contributed by atoms with E-state index in [9.17, 15) is 0 Å². The van der Waals surface area contributed by atoms with Gasteiger partial charge in [0.15, 0.2) is 0 Å². The lowest BCUT2D eigenvalue weighted by atomic mass is 10.2. The molecular weight excluding hydrogens is 290 g/mol. The third kappa shape index (κ3) is 2.82. The number of allylic oxidation sites excluding steroid dienone is 1. The second-order valence-corrected chi connectivity index (χ2v) is 5.11. The number of rotatable bonds is 4. The van der Waals surface area contributed by atoms with Crippen LogP contribution in [0.4, 0.5) is 11.6 Å². The molecule has 0 saturated heterocycles. The van der Waals surface area contributed by atoms with Crippen LogP contribution in [0.2, 0.25) is 0 Å². The topological polar surface area (TPSA) is 29.9 Å². The molecular formula is C14H16BrN3. The molecule has 0 fully saturated rings. The van der Waals surface area contributed by atoms with Gasteiger partial charge in [0.25, 0.3) is 0 Å². The number of aromatic nitrogens is 2. The van der Waals surface area contributed by atoms with Gasteiger partial charge in [0.05, 0.1) is 11.4 Å². The van der Waals surface area contributed by atoms with E-state index >= 15 is 0 Å². The van der Waals surface area contributed by atoms with Gasteiger partial charge in [-0.25, -0.2) is 4.98 Å². The van der Waals surface area contributed by atoms with Gasteiger partial charge in [-0.3, -0.25) is 0 Å². The number of aryl methyl sites for hydroxylation is 2. The fraction of sp³-hybridized carbons (Fsp3) is 0.214. The molecule has 3 nitrogen and oxygen atoms in total. The Morgan fingerprint density at radius 3 is 2.94 bits per heavy atom. The lowest BCUT2D eigenvalue weighted by Gasteiger charge is -2.10.